The molecule has 1 N–H and O–H groups in total. The van der Waals surface area contributed by atoms with Crippen molar-refractivity contribution in [3.05, 3.63) is 0 Å². The number of hydrogen-bond donors (Lipinski definition) is 1. The fourth-order valence-corrected chi connectivity index (χ4v) is 4.38. The number of piperidine rings is 1. The van der Waals surface area contributed by atoms with Crippen molar-refractivity contribution in [2.75, 3.05) is 13.1 Å². The van der Waals surface area contributed by atoms with Crippen LogP contribution in [-0.2, 0) is 9.59 Å². The molecule has 98 valence electrons. The van der Waals surface area contributed by atoms with E-state index in [4.69, 9.17) is 0 Å². The summed E-state index contributed by atoms with van der Waals surface area (Å²) in [6, 6.07) is 0.149. The van der Waals surface area contributed by atoms with Gasteiger partial charge in [-0.15, -0.1) is 0 Å². The standard InChI is InChI=1S/C14H20N2O2/c17-13-11-2-1-3-16(12(11)7-15-13)14(18)10-5-8-4-9(8)6-10/h8-12H,1-7H2,(H,15,17). The van der Waals surface area contributed by atoms with Crippen LogP contribution < -0.4 is 5.32 Å². The van der Waals surface area contributed by atoms with Crippen LogP contribution in [0.2, 0.25) is 0 Å². The van der Waals surface area contributed by atoms with E-state index in [-0.39, 0.29) is 23.8 Å². The molecule has 2 saturated carbocycles. The van der Waals surface area contributed by atoms with Gasteiger partial charge in [-0.05, 0) is 43.9 Å². The number of fused-ring (bicyclic) bond motifs is 2. The molecule has 0 aromatic heterocycles. The van der Waals surface area contributed by atoms with Crippen LogP contribution in [0.15, 0.2) is 0 Å². The molecule has 2 heterocycles. The number of likely N-dealkylation sites (tertiary alicyclic amines) is 1. The van der Waals surface area contributed by atoms with Gasteiger partial charge in [-0.2, -0.15) is 0 Å². The summed E-state index contributed by atoms with van der Waals surface area (Å²) in [6.07, 6.45) is 5.52. The lowest BCUT2D eigenvalue weighted by molar-refractivity contribution is -0.141. The normalized spacial score (nSPS) is 45.4. The minimum atomic E-state index is 0.0682. The van der Waals surface area contributed by atoms with E-state index in [1.165, 1.54) is 6.42 Å². The van der Waals surface area contributed by atoms with Gasteiger partial charge in [0.2, 0.25) is 11.8 Å². The van der Waals surface area contributed by atoms with Gasteiger partial charge >= 0.3 is 0 Å². The molecule has 2 aliphatic carbocycles. The smallest absolute Gasteiger partial charge is 0.226 e. The zero-order valence-electron chi connectivity index (χ0n) is 10.6. The summed E-state index contributed by atoms with van der Waals surface area (Å²) in [6.45, 7) is 1.54. The van der Waals surface area contributed by atoms with Gasteiger partial charge in [0.05, 0.1) is 12.0 Å². The van der Waals surface area contributed by atoms with Crippen LogP contribution in [0.25, 0.3) is 0 Å². The van der Waals surface area contributed by atoms with E-state index in [2.05, 4.69) is 5.32 Å². The maximum absolute atomic E-state index is 12.6. The third-order valence-electron chi connectivity index (χ3n) is 5.48. The molecule has 18 heavy (non-hydrogen) atoms. The van der Waals surface area contributed by atoms with E-state index in [0.29, 0.717) is 12.5 Å². The minimum absolute atomic E-state index is 0.0682. The van der Waals surface area contributed by atoms with Crippen molar-refractivity contribution in [1.82, 2.24) is 10.2 Å². The summed E-state index contributed by atoms with van der Waals surface area (Å²) in [5.74, 6) is 2.53. The molecule has 2 amide bonds. The molecule has 0 bridgehead atoms. The molecule has 0 spiro atoms. The average molecular weight is 248 g/mol. The van der Waals surface area contributed by atoms with Crippen LogP contribution in [-0.4, -0.2) is 35.8 Å². The number of nitrogens with one attached hydrogen (secondary N) is 1. The minimum Gasteiger partial charge on any atom is -0.354 e. The quantitative estimate of drug-likeness (QED) is 0.745. The van der Waals surface area contributed by atoms with E-state index in [9.17, 15) is 9.59 Å². The molecule has 4 atom stereocenters. The third kappa shape index (κ3) is 1.50. The predicted molar refractivity (Wildman–Crippen MR) is 65.6 cm³/mol. The van der Waals surface area contributed by atoms with E-state index in [1.807, 2.05) is 4.90 Å². The van der Waals surface area contributed by atoms with E-state index >= 15 is 0 Å². The summed E-state index contributed by atoms with van der Waals surface area (Å²) in [4.78, 5) is 26.3. The van der Waals surface area contributed by atoms with Crippen molar-refractivity contribution in [3.63, 3.8) is 0 Å². The molecule has 4 unspecified atom stereocenters. The van der Waals surface area contributed by atoms with Crippen molar-refractivity contribution in [1.29, 1.82) is 0 Å². The molecule has 4 rings (SSSR count). The molecule has 0 radical (unpaired) electrons. The number of carbonyl (C=O) groups excluding carboxylic acids is 2. The molecule has 4 nitrogen and oxygen atoms in total. The zero-order chi connectivity index (χ0) is 12.3. The number of rotatable bonds is 1. The largest absolute Gasteiger partial charge is 0.354 e. The van der Waals surface area contributed by atoms with E-state index in [0.717, 1.165) is 44.1 Å². The Morgan fingerprint density at radius 3 is 2.78 bits per heavy atom. The van der Waals surface area contributed by atoms with E-state index in [1.54, 1.807) is 0 Å². The van der Waals surface area contributed by atoms with Crippen LogP contribution in [0.3, 0.4) is 0 Å². The van der Waals surface area contributed by atoms with Gasteiger partial charge < -0.3 is 10.2 Å². The third-order valence-corrected chi connectivity index (χ3v) is 5.48. The SMILES string of the molecule is O=C1NCC2C1CCCN2C(=O)C1CC2CC2C1. The second-order valence-corrected chi connectivity index (χ2v) is 6.52. The molecular weight excluding hydrogens is 228 g/mol. The van der Waals surface area contributed by atoms with Crippen molar-refractivity contribution in [2.24, 2.45) is 23.7 Å². The molecule has 0 aromatic rings. The highest BCUT2D eigenvalue weighted by Crippen LogP contribution is 2.54. The Hall–Kier alpha value is -1.06. The van der Waals surface area contributed by atoms with E-state index < -0.39 is 0 Å². The first kappa shape index (κ1) is 10.8. The fourth-order valence-electron chi connectivity index (χ4n) is 4.38. The van der Waals surface area contributed by atoms with Gasteiger partial charge in [0.25, 0.3) is 0 Å². The summed E-state index contributed by atoms with van der Waals surface area (Å²) >= 11 is 0. The lowest BCUT2D eigenvalue weighted by Gasteiger charge is -2.37. The number of amides is 2. The maximum atomic E-state index is 12.6. The lowest BCUT2D eigenvalue weighted by atomic mass is 9.89. The van der Waals surface area contributed by atoms with Crippen molar-refractivity contribution < 1.29 is 9.59 Å². The number of hydrogen-bond acceptors (Lipinski definition) is 2. The summed E-state index contributed by atoms with van der Waals surface area (Å²) in [5, 5.41) is 2.92. The molecular formula is C14H20N2O2. The molecule has 4 heteroatoms. The average Bonchev–Trinajstić information content (AvgIpc) is 2.83. The number of nitrogens with zero attached hydrogens (tertiary/aromatic N) is 1. The summed E-state index contributed by atoms with van der Waals surface area (Å²) in [5.41, 5.74) is 0. The Bertz CT molecular complexity index is 399. The zero-order valence-corrected chi connectivity index (χ0v) is 10.6. The van der Waals surface area contributed by atoms with Crippen molar-refractivity contribution in [3.8, 4) is 0 Å². The monoisotopic (exact) mass is 248 g/mol. The highest BCUT2D eigenvalue weighted by molar-refractivity contribution is 5.85. The molecule has 4 aliphatic rings. The van der Waals surface area contributed by atoms with Gasteiger partial charge in [0, 0.05) is 19.0 Å². The topological polar surface area (TPSA) is 49.4 Å². The van der Waals surface area contributed by atoms with Gasteiger partial charge in [-0.3, -0.25) is 9.59 Å². The summed E-state index contributed by atoms with van der Waals surface area (Å²) in [7, 11) is 0. The Morgan fingerprint density at radius 1 is 1.22 bits per heavy atom. The Kier molecular flexibility index (Phi) is 2.24. The predicted octanol–water partition coefficient (Wildman–Crippen LogP) is 0.769. The number of carbonyl (C=O) groups is 2. The Labute approximate surface area is 107 Å². The van der Waals surface area contributed by atoms with Crippen LogP contribution in [0.1, 0.15) is 32.1 Å². The van der Waals surface area contributed by atoms with Crippen molar-refractivity contribution in [2.45, 2.75) is 38.1 Å². The van der Waals surface area contributed by atoms with Crippen LogP contribution in [0, 0.1) is 23.7 Å². The Morgan fingerprint density at radius 2 is 2.00 bits per heavy atom. The molecule has 2 saturated heterocycles. The Balaban J connectivity index is 1.49. The van der Waals surface area contributed by atoms with Crippen LogP contribution in [0.5, 0.6) is 0 Å². The maximum Gasteiger partial charge on any atom is 0.226 e. The molecule has 2 aliphatic heterocycles. The highest BCUT2D eigenvalue weighted by Gasteiger charge is 2.51. The highest BCUT2D eigenvalue weighted by atomic mass is 16.2. The van der Waals surface area contributed by atoms with Crippen LogP contribution in [0.4, 0.5) is 0 Å². The first-order chi connectivity index (χ1) is 8.74. The second kappa shape index (κ2) is 3.72. The van der Waals surface area contributed by atoms with Gasteiger partial charge in [0.15, 0.2) is 0 Å². The first-order valence-corrected chi connectivity index (χ1v) is 7.32. The van der Waals surface area contributed by atoms with Crippen LogP contribution >= 0.6 is 0 Å². The fraction of sp³-hybridized carbons (Fsp3) is 0.857. The van der Waals surface area contributed by atoms with Gasteiger partial charge in [0.1, 0.15) is 0 Å². The second-order valence-electron chi connectivity index (χ2n) is 6.52. The molecule has 0 aromatic carbocycles. The van der Waals surface area contributed by atoms with Crippen molar-refractivity contribution >= 4 is 11.8 Å². The summed E-state index contributed by atoms with van der Waals surface area (Å²) < 4.78 is 0. The van der Waals surface area contributed by atoms with Gasteiger partial charge in [-0.1, -0.05) is 0 Å². The molecule has 4 fully saturated rings. The van der Waals surface area contributed by atoms with Gasteiger partial charge in [-0.25, -0.2) is 0 Å². The first-order valence-electron chi connectivity index (χ1n) is 7.32. The lowest BCUT2D eigenvalue weighted by Crippen LogP contribution is -2.50.